The zero-order chi connectivity index (χ0) is 15.5. The highest BCUT2D eigenvalue weighted by Crippen LogP contribution is 2.22. The van der Waals surface area contributed by atoms with Crippen LogP contribution in [0.2, 0.25) is 0 Å². The first-order valence-corrected chi connectivity index (χ1v) is 7.20. The normalized spacial score (nSPS) is 18.4. The van der Waals surface area contributed by atoms with Crippen LogP contribution < -0.4 is 0 Å². The van der Waals surface area contributed by atoms with Gasteiger partial charge in [-0.2, -0.15) is 5.26 Å². The second-order valence-corrected chi connectivity index (χ2v) is 6.44. The van der Waals surface area contributed by atoms with Crippen LogP contribution >= 0.6 is 0 Å². The molecule has 0 aromatic carbocycles. The lowest BCUT2D eigenvalue weighted by Gasteiger charge is -2.24. The molecule has 1 amide bonds. The predicted octanol–water partition coefficient (Wildman–Crippen LogP) is 2.75. The molecule has 0 aliphatic carbocycles. The fraction of sp³-hybridized carbons (Fsp3) is 0.562. The van der Waals surface area contributed by atoms with E-state index >= 15 is 0 Å². The number of carbonyl (C=O) groups is 1. The summed E-state index contributed by atoms with van der Waals surface area (Å²) in [5.41, 5.74) is 1.08. The van der Waals surface area contributed by atoms with E-state index in [1.807, 2.05) is 26.8 Å². The van der Waals surface area contributed by atoms with Gasteiger partial charge in [-0.05, 0) is 51.7 Å². The van der Waals surface area contributed by atoms with E-state index in [1.165, 1.54) is 0 Å². The van der Waals surface area contributed by atoms with Gasteiger partial charge in [0.1, 0.15) is 11.7 Å². The van der Waals surface area contributed by atoms with Crippen LogP contribution in [0, 0.1) is 17.2 Å². The molecule has 1 unspecified atom stereocenters. The summed E-state index contributed by atoms with van der Waals surface area (Å²) in [6.07, 6.45) is 3.14. The molecule has 2 heterocycles. The molecule has 0 N–H and O–H groups in total. The third-order valence-corrected chi connectivity index (χ3v) is 3.39. The van der Waals surface area contributed by atoms with Gasteiger partial charge in [0.25, 0.3) is 0 Å². The first-order chi connectivity index (χ1) is 9.87. The second-order valence-electron chi connectivity index (χ2n) is 6.44. The molecular formula is C16H21N3O2. The largest absolute Gasteiger partial charge is 0.444 e. The Labute approximate surface area is 125 Å². The van der Waals surface area contributed by atoms with Crippen LogP contribution in [0.25, 0.3) is 0 Å². The maximum absolute atomic E-state index is 12.0. The van der Waals surface area contributed by atoms with Crippen LogP contribution in [0.15, 0.2) is 18.3 Å². The minimum absolute atomic E-state index is 0.238. The van der Waals surface area contributed by atoms with Crippen molar-refractivity contribution in [3.8, 4) is 6.07 Å². The van der Waals surface area contributed by atoms with Crippen molar-refractivity contribution in [2.45, 2.75) is 39.2 Å². The number of amides is 1. The number of rotatable bonds is 2. The van der Waals surface area contributed by atoms with Gasteiger partial charge >= 0.3 is 6.09 Å². The van der Waals surface area contributed by atoms with Gasteiger partial charge in [0.2, 0.25) is 0 Å². The molecule has 2 rings (SSSR count). The van der Waals surface area contributed by atoms with E-state index in [9.17, 15) is 4.79 Å². The molecule has 1 aromatic heterocycles. The summed E-state index contributed by atoms with van der Waals surface area (Å²) in [4.78, 5) is 18.0. The Balaban J connectivity index is 1.87. The van der Waals surface area contributed by atoms with E-state index in [4.69, 9.17) is 10.00 Å². The van der Waals surface area contributed by atoms with Crippen LogP contribution in [-0.4, -0.2) is 34.7 Å². The number of aromatic nitrogens is 1. The number of likely N-dealkylation sites (tertiary alicyclic amines) is 1. The van der Waals surface area contributed by atoms with E-state index in [1.54, 1.807) is 17.2 Å². The third-order valence-electron chi connectivity index (χ3n) is 3.39. The number of hydrogen-bond donors (Lipinski definition) is 0. The van der Waals surface area contributed by atoms with Crippen molar-refractivity contribution in [2.24, 2.45) is 5.92 Å². The molecule has 0 radical (unpaired) electrons. The average Bonchev–Trinajstić information content (AvgIpc) is 2.86. The molecule has 0 spiro atoms. The zero-order valence-electron chi connectivity index (χ0n) is 12.8. The van der Waals surface area contributed by atoms with Gasteiger partial charge in [-0.3, -0.25) is 4.98 Å². The van der Waals surface area contributed by atoms with Crippen molar-refractivity contribution in [3.05, 3.63) is 29.6 Å². The monoisotopic (exact) mass is 287 g/mol. The van der Waals surface area contributed by atoms with Crippen LogP contribution in [0.1, 0.15) is 38.4 Å². The number of hydrogen-bond acceptors (Lipinski definition) is 4. The minimum Gasteiger partial charge on any atom is -0.444 e. The van der Waals surface area contributed by atoms with E-state index in [2.05, 4.69) is 11.1 Å². The lowest BCUT2D eigenvalue weighted by atomic mass is 10.0. The maximum Gasteiger partial charge on any atom is 0.410 e. The molecule has 1 aromatic rings. The highest BCUT2D eigenvalue weighted by molar-refractivity contribution is 5.68. The van der Waals surface area contributed by atoms with Crippen LogP contribution in [0.5, 0.6) is 0 Å². The molecule has 1 saturated heterocycles. The Kier molecular flexibility index (Phi) is 4.46. The van der Waals surface area contributed by atoms with Crippen molar-refractivity contribution in [2.75, 3.05) is 13.1 Å². The van der Waals surface area contributed by atoms with Crippen LogP contribution in [-0.2, 0) is 11.2 Å². The number of carbonyl (C=O) groups excluding carboxylic acids is 1. The molecule has 1 fully saturated rings. The zero-order valence-corrected chi connectivity index (χ0v) is 12.8. The molecule has 5 heteroatoms. The standard InChI is InChI=1S/C16H21N3O2/c1-16(2,3)21-15(20)19-7-6-12(11-19)8-14-5-4-13(9-17)10-18-14/h4-5,10,12H,6-8,11H2,1-3H3. The fourth-order valence-electron chi connectivity index (χ4n) is 2.40. The second kappa shape index (κ2) is 6.13. The lowest BCUT2D eigenvalue weighted by molar-refractivity contribution is 0.0288. The molecule has 0 saturated carbocycles. The van der Waals surface area contributed by atoms with Crippen LogP contribution in [0.3, 0.4) is 0 Å². The molecule has 112 valence electrons. The predicted molar refractivity (Wildman–Crippen MR) is 78.6 cm³/mol. The number of nitriles is 1. The van der Waals surface area contributed by atoms with Gasteiger partial charge in [-0.1, -0.05) is 0 Å². The Morgan fingerprint density at radius 1 is 1.52 bits per heavy atom. The van der Waals surface area contributed by atoms with Crippen LogP contribution in [0.4, 0.5) is 4.79 Å². The van der Waals surface area contributed by atoms with Crippen molar-refractivity contribution in [3.63, 3.8) is 0 Å². The summed E-state index contributed by atoms with van der Waals surface area (Å²) in [7, 11) is 0. The van der Waals surface area contributed by atoms with Gasteiger partial charge < -0.3 is 9.64 Å². The van der Waals surface area contributed by atoms with Crippen molar-refractivity contribution in [1.82, 2.24) is 9.88 Å². The highest BCUT2D eigenvalue weighted by atomic mass is 16.6. The maximum atomic E-state index is 12.0. The van der Waals surface area contributed by atoms with Gasteiger partial charge in [0.15, 0.2) is 0 Å². The molecule has 1 atom stereocenters. The summed E-state index contributed by atoms with van der Waals surface area (Å²) in [5.74, 6) is 0.401. The van der Waals surface area contributed by atoms with Crippen molar-refractivity contribution >= 4 is 6.09 Å². The highest BCUT2D eigenvalue weighted by Gasteiger charge is 2.29. The van der Waals surface area contributed by atoms with E-state index in [-0.39, 0.29) is 6.09 Å². The average molecular weight is 287 g/mol. The van der Waals surface area contributed by atoms with Gasteiger partial charge in [-0.15, -0.1) is 0 Å². The van der Waals surface area contributed by atoms with Gasteiger partial charge in [-0.25, -0.2) is 4.79 Å². The summed E-state index contributed by atoms with van der Waals surface area (Å²) >= 11 is 0. The topological polar surface area (TPSA) is 66.2 Å². The molecule has 1 aliphatic rings. The molecular weight excluding hydrogens is 266 g/mol. The fourth-order valence-corrected chi connectivity index (χ4v) is 2.40. The van der Waals surface area contributed by atoms with E-state index < -0.39 is 5.60 Å². The summed E-state index contributed by atoms with van der Waals surface area (Å²) in [5, 5.41) is 8.75. The molecule has 5 nitrogen and oxygen atoms in total. The Morgan fingerprint density at radius 3 is 2.86 bits per heavy atom. The SMILES string of the molecule is CC(C)(C)OC(=O)N1CCC(Cc2ccc(C#N)cn2)C1. The summed E-state index contributed by atoms with van der Waals surface area (Å²) in [6.45, 7) is 7.06. The first-order valence-electron chi connectivity index (χ1n) is 7.20. The Morgan fingerprint density at radius 2 is 2.29 bits per heavy atom. The molecule has 0 bridgehead atoms. The Bertz CT molecular complexity index is 540. The number of pyridine rings is 1. The Hall–Kier alpha value is -2.09. The number of ether oxygens (including phenoxy) is 1. The third kappa shape index (κ3) is 4.45. The minimum atomic E-state index is -0.455. The summed E-state index contributed by atoms with van der Waals surface area (Å²) in [6, 6.07) is 5.72. The smallest absolute Gasteiger partial charge is 0.410 e. The summed E-state index contributed by atoms with van der Waals surface area (Å²) < 4.78 is 5.39. The molecule has 1 aliphatic heterocycles. The van der Waals surface area contributed by atoms with Crippen molar-refractivity contribution < 1.29 is 9.53 Å². The van der Waals surface area contributed by atoms with Crippen molar-refractivity contribution in [1.29, 1.82) is 5.26 Å². The van der Waals surface area contributed by atoms with Gasteiger partial charge in [0.05, 0.1) is 5.56 Å². The quantitative estimate of drug-likeness (QED) is 0.839. The first kappa shape index (κ1) is 15.3. The molecule has 21 heavy (non-hydrogen) atoms. The number of nitrogens with zero attached hydrogens (tertiary/aromatic N) is 3. The van der Waals surface area contributed by atoms with E-state index in [0.717, 1.165) is 25.1 Å². The van der Waals surface area contributed by atoms with E-state index in [0.29, 0.717) is 18.0 Å². The lowest BCUT2D eigenvalue weighted by Crippen LogP contribution is -2.35. The van der Waals surface area contributed by atoms with Gasteiger partial charge in [0, 0.05) is 25.0 Å².